The third kappa shape index (κ3) is 5.17. The summed E-state index contributed by atoms with van der Waals surface area (Å²) < 4.78 is 11.4. The van der Waals surface area contributed by atoms with Gasteiger partial charge in [-0.15, -0.1) is 0 Å². The van der Waals surface area contributed by atoms with E-state index >= 15 is 0 Å². The Kier molecular flexibility index (Phi) is 6.93. The molecule has 152 valence electrons. The molecule has 1 aliphatic heterocycles. The lowest BCUT2D eigenvalue weighted by molar-refractivity contribution is -0.126. The van der Waals surface area contributed by atoms with Crippen molar-refractivity contribution in [2.45, 2.75) is 12.8 Å². The van der Waals surface area contributed by atoms with Crippen LogP contribution in [0.25, 0.3) is 6.08 Å². The van der Waals surface area contributed by atoms with Gasteiger partial charge in [-0.3, -0.25) is 9.59 Å². The number of rotatable bonds is 6. The molecule has 1 fully saturated rings. The zero-order chi connectivity index (χ0) is 20.8. The van der Waals surface area contributed by atoms with E-state index in [-0.39, 0.29) is 17.5 Å². The minimum Gasteiger partial charge on any atom is -0.493 e. The van der Waals surface area contributed by atoms with Gasteiger partial charge in [0.05, 0.1) is 14.2 Å². The second kappa shape index (κ2) is 9.60. The van der Waals surface area contributed by atoms with Gasteiger partial charge >= 0.3 is 0 Å². The fourth-order valence-electron chi connectivity index (χ4n) is 3.14. The fraction of sp³-hybridized carbons (Fsp3) is 0.273. The van der Waals surface area contributed by atoms with Crippen molar-refractivity contribution in [3.63, 3.8) is 0 Å². The highest BCUT2D eigenvalue weighted by Crippen LogP contribution is 2.27. The van der Waals surface area contributed by atoms with E-state index in [0.717, 1.165) is 22.9 Å². The van der Waals surface area contributed by atoms with Crippen LogP contribution in [0.2, 0.25) is 0 Å². The van der Waals surface area contributed by atoms with Crippen LogP contribution < -0.4 is 14.8 Å². The maximum Gasteiger partial charge on any atom is 0.270 e. The van der Waals surface area contributed by atoms with E-state index in [1.807, 2.05) is 24.3 Å². The van der Waals surface area contributed by atoms with Crippen LogP contribution in [0.3, 0.4) is 0 Å². The van der Waals surface area contributed by atoms with Gasteiger partial charge in [-0.1, -0.05) is 28.1 Å². The molecule has 1 heterocycles. The van der Waals surface area contributed by atoms with Crippen LogP contribution in [0, 0.1) is 0 Å². The van der Waals surface area contributed by atoms with Gasteiger partial charge in [-0.25, -0.2) is 0 Å². The molecule has 0 unspecified atom stereocenters. The molecule has 1 saturated heterocycles. The van der Waals surface area contributed by atoms with Crippen molar-refractivity contribution in [3.8, 4) is 11.5 Å². The van der Waals surface area contributed by atoms with Gasteiger partial charge in [0.2, 0.25) is 0 Å². The molecule has 0 spiro atoms. The van der Waals surface area contributed by atoms with Crippen LogP contribution >= 0.6 is 15.9 Å². The zero-order valence-corrected chi connectivity index (χ0v) is 18.0. The normalized spacial score (nSPS) is 13.9. The number of likely N-dealkylation sites (tertiary alicyclic amines) is 1. The number of nitrogens with one attached hydrogen (secondary N) is 1. The van der Waals surface area contributed by atoms with Gasteiger partial charge in [0, 0.05) is 23.1 Å². The SMILES string of the molecule is COc1ccc(C(=O)N/C(=C/c2ccc(Br)cc2)C(=O)N2CCCC2)cc1OC. The Bertz CT molecular complexity index is 919. The summed E-state index contributed by atoms with van der Waals surface area (Å²) in [5.74, 6) is 0.411. The first-order valence-corrected chi connectivity index (χ1v) is 10.1. The van der Waals surface area contributed by atoms with Gasteiger partial charge < -0.3 is 19.7 Å². The first-order valence-electron chi connectivity index (χ1n) is 9.31. The summed E-state index contributed by atoms with van der Waals surface area (Å²) in [5.41, 5.74) is 1.44. The predicted molar refractivity (Wildman–Crippen MR) is 115 cm³/mol. The highest BCUT2D eigenvalue weighted by atomic mass is 79.9. The Labute approximate surface area is 178 Å². The van der Waals surface area contributed by atoms with Crippen LogP contribution in [-0.4, -0.2) is 44.0 Å². The molecule has 0 atom stereocenters. The van der Waals surface area contributed by atoms with Crippen LogP contribution in [-0.2, 0) is 4.79 Å². The first-order chi connectivity index (χ1) is 14.0. The summed E-state index contributed by atoms with van der Waals surface area (Å²) in [7, 11) is 3.04. The number of ether oxygens (including phenoxy) is 2. The Hall–Kier alpha value is -2.80. The average Bonchev–Trinajstić information content (AvgIpc) is 3.28. The molecule has 3 rings (SSSR count). The van der Waals surface area contributed by atoms with Gasteiger partial charge in [0.15, 0.2) is 11.5 Å². The van der Waals surface area contributed by atoms with Crippen molar-refractivity contribution in [1.82, 2.24) is 10.2 Å². The van der Waals surface area contributed by atoms with Crippen molar-refractivity contribution in [2.75, 3.05) is 27.3 Å². The first kappa shape index (κ1) is 20.9. The van der Waals surface area contributed by atoms with Crippen molar-refractivity contribution in [1.29, 1.82) is 0 Å². The molecule has 7 heteroatoms. The molecule has 1 N–H and O–H groups in total. The van der Waals surface area contributed by atoms with Crippen LogP contribution in [0.15, 0.2) is 52.6 Å². The van der Waals surface area contributed by atoms with Gasteiger partial charge in [-0.05, 0) is 54.8 Å². The number of carbonyl (C=O) groups is 2. The van der Waals surface area contributed by atoms with E-state index in [1.165, 1.54) is 14.2 Å². The lowest BCUT2D eigenvalue weighted by Crippen LogP contribution is -2.36. The fourth-order valence-corrected chi connectivity index (χ4v) is 3.40. The Morgan fingerprint density at radius 3 is 2.28 bits per heavy atom. The second-order valence-electron chi connectivity index (χ2n) is 6.63. The summed E-state index contributed by atoms with van der Waals surface area (Å²) >= 11 is 3.40. The highest BCUT2D eigenvalue weighted by Gasteiger charge is 2.23. The van der Waals surface area contributed by atoms with Crippen molar-refractivity contribution in [3.05, 3.63) is 63.8 Å². The smallest absolute Gasteiger partial charge is 0.270 e. The number of amides is 2. The monoisotopic (exact) mass is 458 g/mol. The number of methoxy groups -OCH3 is 2. The summed E-state index contributed by atoms with van der Waals surface area (Å²) in [5, 5.41) is 2.78. The Balaban J connectivity index is 1.88. The quantitative estimate of drug-likeness (QED) is 0.667. The highest BCUT2D eigenvalue weighted by molar-refractivity contribution is 9.10. The predicted octanol–water partition coefficient (Wildman–Crippen LogP) is 3.86. The van der Waals surface area contributed by atoms with E-state index in [4.69, 9.17) is 9.47 Å². The van der Waals surface area contributed by atoms with Gasteiger partial charge in [-0.2, -0.15) is 0 Å². The van der Waals surface area contributed by atoms with Crippen molar-refractivity contribution < 1.29 is 19.1 Å². The summed E-state index contributed by atoms with van der Waals surface area (Å²) in [4.78, 5) is 27.6. The molecule has 0 aromatic heterocycles. The molecule has 2 aromatic carbocycles. The van der Waals surface area contributed by atoms with Crippen LogP contribution in [0.5, 0.6) is 11.5 Å². The maximum atomic E-state index is 13.0. The molecule has 0 bridgehead atoms. The number of hydrogen-bond donors (Lipinski definition) is 1. The summed E-state index contributed by atoms with van der Waals surface area (Å²) in [6.45, 7) is 1.39. The minimum atomic E-state index is -0.387. The zero-order valence-electron chi connectivity index (χ0n) is 16.4. The summed E-state index contributed by atoms with van der Waals surface area (Å²) in [6.07, 6.45) is 3.65. The van der Waals surface area contributed by atoms with E-state index in [2.05, 4.69) is 21.2 Å². The van der Waals surface area contributed by atoms with Crippen molar-refractivity contribution in [2.24, 2.45) is 0 Å². The third-order valence-corrected chi connectivity index (χ3v) is 5.23. The number of hydrogen-bond acceptors (Lipinski definition) is 4. The lowest BCUT2D eigenvalue weighted by atomic mass is 10.1. The maximum absolute atomic E-state index is 13.0. The molecule has 2 amide bonds. The Morgan fingerprint density at radius 2 is 1.66 bits per heavy atom. The molecule has 6 nitrogen and oxygen atoms in total. The minimum absolute atomic E-state index is 0.181. The van der Waals surface area contributed by atoms with E-state index in [0.29, 0.717) is 30.2 Å². The number of halogens is 1. The lowest BCUT2D eigenvalue weighted by Gasteiger charge is -2.18. The molecule has 1 aliphatic rings. The van der Waals surface area contributed by atoms with Crippen LogP contribution in [0.1, 0.15) is 28.8 Å². The standard InChI is InChI=1S/C22H23BrN2O4/c1-28-19-10-7-16(14-20(19)29-2)21(26)24-18(22(27)25-11-3-4-12-25)13-15-5-8-17(23)9-6-15/h5-10,13-14H,3-4,11-12H2,1-2H3,(H,24,26)/b18-13+. The average molecular weight is 459 g/mol. The molecule has 2 aromatic rings. The van der Waals surface area contributed by atoms with Crippen molar-refractivity contribution >= 4 is 33.8 Å². The van der Waals surface area contributed by atoms with E-state index in [1.54, 1.807) is 29.2 Å². The molecule has 0 radical (unpaired) electrons. The van der Waals surface area contributed by atoms with Crippen LogP contribution in [0.4, 0.5) is 0 Å². The summed E-state index contributed by atoms with van der Waals surface area (Å²) in [6, 6.07) is 12.4. The van der Waals surface area contributed by atoms with E-state index < -0.39 is 0 Å². The molecular weight excluding hydrogens is 436 g/mol. The number of carbonyl (C=O) groups excluding carboxylic acids is 2. The Morgan fingerprint density at radius 1 is 1.00 bits per heavy atom. The number of nitrogens with zero attached hydrogens (tertiary/aromatic N) is 1. The largest absolute Gasteiger partial charge is 0.493 e. The second-order valence-corrected chi connectivity index (χ2v) is 7.55. The van der Waals surface area contributed by atoms with Gasteiger partial charge in [0.1, 0.15) is 5.70 Å². The molecule has 29 heavy (non-hydrogen) atoms. The van der Waals surface area contributed by atoms with E-state index in [9.17, 15) is 9.59 Å². The third-order valence-electron chi connectivity index (χ3n) is 4.70. The molecule has 0 saturated carbocycles. The van der Waals surface area contributed by atoms with Gasteiger partial charge in [0.25, 0.3) is 11.8 Å². The topological polar surface area (TPSA) is 67.9 Å². The molecular formula is C22H23BrN2O4. The number of benzene rings is 2. The molecule has 0 aliphatic carbocycles.